The van der Waals surface area contributed by atoms with Crippen LogP contribution in [-0.4, -0.2) is 11.1 Å². The van der Waals surface area contributed by atoms with E-state index in [-0.39, 0.29) is 11.0 Å². The Balaban J connectivity index is 2.92. The highest BCUT2D eigenvalue weighted by Crippen LogP contribution is 2.24. The van der Waals surface area contributed by atoms with Crippen molar-refractivity contribution in [3.05, 3.63) is 23.2 Å². The van der Waals surface area contributed by atoms with Crippen LogP contribution >= 0.6 is 0 Å². The highest BCUT2D eigenvalue weighted by atomic mass is 16.4. The molecular formula is C11H16O3. The maximum Gasteiger partial charge on any atom is 0.339 e. The van der Waals surface area contributed by atoms with Crippen LogP contribution in [0.15, 0.2) is 10.5 Å². The van der Waals surface area contributed by atoms with Gasteiger partial charge in [0, 0.05) is 6.42 Å². The van der Waals surface area contributed by atoms with E-state index in [1.54, 1.807) is 13.0 Å². The Bertz CT molecular complexity index is 342. The fourth-order valence-corrected chi connectivity index (χ4v) is 1.37. The van der Waals surface area contributed by atoms with E-state index in [0.29, 0.717) is 5.76 Å². The first-order chi connectivity index (χ1) is 6.29. The monoisotopic (exact) mass is 196 g/mol. The first kappa shape index (κ1) is 10.8. The second kappa shape index (κ2) is 3.48. The van der Waals surface area contributed by atoms with E-state index in [0.717, 1.165) is 12.2 Å². The van der Waals surface area contributed by atoms with Crippen molar-refractivity contribution in [3.8, 4) is 0 Å². The molecule has 0 atom stereocenters. The van der Waals surface area contributed by atoms with E-state index in [1.807, 2.05) is 0 Å². The van der Waals surface area contributed by atoms with Gasteiger partial charge in [-0.1, -0.05) is 20.8 Å². The van der Waals surface area contributed by atoms with Crippen LogP contribution in [0.25, 0.3) is 0 Å². The van der Waals surface area contributed by atoms with Crippen molar-refractivity contribution >= 4 is 5.97 Å². The number of hydrogen-bond acceptors (Lipinski definition) is 2. The van der Waals surface area contributed by atoms with Crippen molar-refractivity contribution in [2.75, 3.05) is 0 Å². The average molecular weight is 196 g/mol. The third-order valence-electron chi connectivity index (χ3n) is 1.90. The van der Waals surface area contributed by atoms with Gasteiger partial charge in [-0.3, -0.25) is 0 Å². The van der Waals surface area contributed by atoms with E-state index in [2.05, 4.69) is 20.8 Å². The Labute approximate surface area is 83.7 Å². The Morgan fingerprint density at radius 3 is 2.43 bits per heavy atom. The number of carboxylic acids is 1. The number of carbonyl (C=O) groups is 1. The summed E-state index contributed by atoms with van der Waals surface area (Å²) >= 11 is 0. The summed E-state index contributed by atoms with van der Waals surface area (Å²) in [6.07, 6.45) is 0.751. The summed E-state index contributed by atoms with van der Waals surface area (Å²) in [4.78, 5) is 10.7. The van der Waals surface area contributed by atoms with Crippen LogP contribution in [0.1, 0.15) is 42.6 Å². The van der Waals surface area contributed by atoms with Crippen LogP contribution in [0.3, 0.4) is 0 Å². The van der Waals surface area contributed by atoms with Crippen LogP contribution < -0.4 is 0 Å². The Morgan fingerprint density at radius 2 is 2.07 bits per heavy atom. The van der Waals surface area contributed by atoms with Gasteiger partial charge in [-0.2, -0.15) is 0 Å². The van der Waals surface area contributed by atoms with Crippen LogP contribution in [0.4, 0.5) is 0 Å². The van der Waals surface area contributed by atoms with Gasteiger partial charge in [0.15, 0.2) is 0 Å². The zero-order valence-electron chi connectivity index (χ0n) is 9.05. The van der Waals surface area contributed by atoms with Gasteiger partial charge in [-0.05, 0) is 18.4 Å². The summed E-state index contributed by atoms with van der Waals surface area (Å²) in [5.41, 5.74) is 0.379. The fourth-order valence-electron chi connectivity index (χ4n) is 1.37. The second-order valence-electron chi connectivity index (χ2n) is 4.73. The maximum atomic E-state index is 10.7. The van der Waals surface area contributed by atoms with Crippen molar-refractivity contribution < 1.29 is 14.3 Å². The molecule has 78 valence electrons. The van der Waals surface area contributed by atoms with Crippen molar-refractivity contribution in [2.45, 2.75) is 34.1 Å². The van der Waals surface area contributed by atoms with Crippen LogP contribution in [-0.2, 0) is 6.42 Å². The van der Waals surface area contributed by atoms with E-state index in [4.69, 9.17) is 9.52 Å². The van der Waals surface area contributed by atoms with Gasteiger partial charge in [0.1, 0.15) is 17.1 Å². The fraction of sp³-hybridized carbons (Fsp3) is 0.545. The highest BCUT2D eigenvalue weighted by Gasteiger charge is 2.18. The lowest BCUT2D eigenvalue weighted by Gasteiger charge is -2.15. The lowest BCUT2D eigenvalue weighted by atomic mass is 9.91. The molecule has 0 aliphatic carbocycles. The minimum atomic E-state index is -0.925. The Morgan fingerprint density at radius 1 is 1.50 bits per heavy atom. The Kier molecular flexibility index (Phi) is 2.69. The molecule has 14 heavy (non-hydrogen) atoms. The molecule has 1 heterocycles. The summed E-state index contributed by atoms with van der Waals surface area (Å²) in [5.74, 6) is 0.301. The summed E-state index contributed by atoms with van der Waals surface area (Å²) in [5, 5.41) is 8.82. The zero-order chi connectivity index (χ0) is 10.9. The van der Waals surface area contributed by atoms with Crippen LogP contribution in [0.5, 0.6) is 0 Å². The molecule has 3 heteroatoms. The van der Waals surface area contributed by atoms with Gasteiger partial charge in [-0.25, -0.2) is 4.79 Å². The van der Waals surface area contributed by atoms with Crippen molar-refractivity contribution in [3.63, 3.8) is 0 Å². The number of furan rings is 1. The van der Waals surface area contributed by atoms with Gasteiger partial charge in [0.2, 0.25) is 0 Å². The molecule has 1 aromatic heterocycles. The van der Waals surface area contributed by atoms with E-state index < -0.39 is 5.97 Å². The van der Waals surface area contributed by atoms with Gasteiger partial charge >= 0.3 is 5.97 Å². The molecule has 3 nitrogen and oxygen atoms in total. The van der Waals surface area contributed by atoms with E-state index >= 15 is 0 Å². The zero-order valence-corrected chi connectivity index (χ0v) is 9.05. The number of carboxylic acid groups (broad SMARTS) is 1. The lowest BCUT2D eigenvalue weighted by molar-refractivity contribution is 0.0695. The third kappa shape index (κ3) is 2.62. The quantitative estimate of drug-likeness (QED) is 0.791. The highest BCUT2D eigenvalue weighted by molar-refractivity contribution is 5.88. The van der Waals surface area contributed by atoms with Crippen molar-refractivity contribution in [1.29, 1.82) is 0 Å². The second-order valence-corrected chi connectivity index (χ2v) is 4.73. The molecule has 0 amide bonds. The molecular weight excluding hydrogens is 180 g/mol. The minimum Gasteiger partial charge on any atom is -0.478 e. The third-order valence-corrected chi connectivity index (χ3v) is 1.90. The summed E-state index contributed by atoms with van der Waals surface area (Å²) < 4.78 is 5.37. The van der Waals surface area contributed by atoms with Gasteiger partial charge in [-0.15, -0.1) is 0 Å². The summed E-state index contributed by atoms with van der Waals surface area (Å²) in [6, 6.07) is 1.61. The van der Waals surface area contributed by atoms with Crippen LogP contribution in [0.2, 0.25) is 0 Å². The van der Waals surface area contributed by atoms with Crippen molar-refractivity contribution in [1.82, 2.24) is 0 Å². The van der Waals surface area contributed by atoms with Gasteiger partial charge in [0.05, 0.1) is 0 Å². The topological polar surface area (TPSA) is 50.4 Å². The molecule has 0 spiro atoms. The molecule has 1 N–H and O–H groups in total. The Hall–Kier alpha value is -1.25. The number of hydrogen-bond donors (Lipinski definition) is 1. The summed E-state index contributed by atoms with van der Waals surface area (Å²) in [6.45, 7) is 7.94. The molecule has 0 aliphatic heterocycles. The maximum absolute atomic E-state index is 10.7. The van der Waals surface area contributed by atoms with E-state index in [1.165, 1.54) is 0 Å². The molecule has 0 radical (unpaired) electrons. The first-order valence-electron chi connectivity index (χ1n) is 4.62. The van der Waals surface area contributed by atoms with Crippen LogP contribution in [0, 0.1) is 12.3 Å². The molecule has 0 saturated heterocycles. The predicted molar refractivity (Wildman–Crippen MR) is 53.6 cm³/mol. The molecule has 0 aliphatic rings. The number of rotatable bonds is 2. The normalized spacial score (nSPS) is 11.7. The van der Waals surface area contributed by atoms with Gasteiger partial charge in [0.25, 0.3) is 0 Å². The smallest absolute Gasteiger partial charge is 0.339 e. The first-order valence-corrected chi connectivity index (χ1v) is 4.62. The molecule has 1 aromatic rings. The van der Waals surface area contributed by atoms with Crippen molar-refractivity contribution in [2.24, 2.45) is 5.41 Å². The molecule has 1 rings (SSSR count). The lowest BCUT2D eigenvalue weighted by Crippen LogP contribution is -2.08. The molecule has 0 unspecified atom stereocenters. The SMILES string of the molecule is Cc1oc(CC(C)(C)C)cc1C(=O)O. The molecule has 0 fully saturated rings. The number of aromatic carboxylic acids is 1. The number of aryl methyl sites for hydroxylation is 1. The molecule has 0 aromatic carbocycles. The summed E-state index contributed by atoms with van der Waals surface area (Å²) in [7, 11) is 0. The van der Waals surface area contributed by atoms with E-state index in [9.17, 15) is 4.79 Å². The molecule has 0 saturated carbocycles. The predicted octanol–water partition coefficient (Wildman–Crippen LogP) is 2.87. The standard InChI is InChI=1S/C11H16O3/c1-7-9(10(12)13)5-8(14-7)6-11(2,3)4/h5H,6H2,1-4H3,(H,12,13). The minimum absolute atomic E-state index is 0.111. The molecule has 0 bridgehead atoms. The largest absolute Gasteiger partial charge is 0.478 e. The van der Waals surface area contributed by atoms with Gasteiger partial charge < -0.3 is 9.52 Å². The average Bonchev–Trinajstić information content (AvgIpc) is 2.26.